The van der Waals surface area contributed by atoms with Crippen LogP contribution in [0.4, 0.5) is 4.39 Å². The van der Waals surface area contributed by atoms with Crippen LogP contribution in [0.2, 0.25) is 0 Å². The number of pyridine rings is 1. The van der Waals surface area contributed by atoms with Crippen molar-refractivity contribution < 1.29 is 19.1 Å². The summed E-state index contributed by atoms with van der Waals surface area (Å²) in [7, 11) is 0. The molecule has 2 heterocycles. The van der Waals surface area contributed by atoms with E-state index in [0.29, 0.717) is 5.65 Å². The topological polar surface area (TPSA) is 83.7 Å². The minimum absolute atomic E-state index is 0.0358. The summed E-state index contributed by atoms with van der Waals surface area (Å²) >= 11 is 0. The SMILES string of the molecule is CC(NC(=O)c1cn2cc(F)ccc2n1)C(=O)O. The summed E-state index contributed by atoms with van der Waals surface area (Å²) in [6.45, 7) is 1.34. The fourth-order valence-electron chi connectivity index (χ4n) is 1.41. The molecule has 0 saturated carbocycles. The maximum atomic E-state index is 12.9. The Balaban J connectivity index is 2.26. The summed E-state index contributed by atoms with van der Waals surface area (Å²) in [5, 5.41) is 10.9. The van der Waals surface area contributed by atoms with Gasteiger partial charge in [0.05, 0.1) is 0 Å². The van der Waals surface area contributed by atoms with Gasteiger partial charge in [-0.3, -0.25) is 9.59 Å². The summed E-state index contributed by atoms with van der Waals surface area (Å²) in [6, 6.07) is 1.63. The van der Waals surface area contributed by atoms with Gasteiger partial charge >= 0.3 is 5.97 Å². The smallest absolute Gasteiger partial charge is 0.325 e. The van der Waals surface area contributed by atoms with Crippen LogP contribution >= 0.6 is 0 Å². The number of aromatic nitrogens is 2. The molecule has 0 spiro atoms. The Bertz CT molecular complexity index is 623. The number of amides is 1. The van der Waals surface area contributed by atoms with Crippen molar-refractivity contribution in [3.63, 3.8) is 0 Å². The van der Waals surface area contributed by atoms with Gasteiger partial charge in [0.2, 0.25) is 0 Å². The molecule has 0 fully saturated rings. The molecule has 2 N–H and O–H groups in total. The van der Waals surface area contributed by atoms with Crippen molar-refractivity contribution in [2.45, 2.75) is 13.0 Å². The first-order valence-electron chi connectivity index (χ1n) is 5.15. The molecule has 1 atom stereocenters. The van der Waals surface area contributed by atoms with E-state index in [0.717, 1.165) is 0 Å². The minimum Gasteiger partial charge on any atom is -0.480 e. The van der Waals surface area contributed by atoms with Crippen molar-refractivity contribution in [1.29, 1.82) is 0 Å². The first kappa shape index (κ1) is 12.0. The molecule has 0 aliphatic heterocycles. The van der Waals surface area contributed by atoms with Crippen molar-refractivity contribution in [2.24, 2.45) is 0 Å². The van der Waals surface area contributed by atoms with E-state index in [1.165, 1.54) is 35.9 Å². The number of hydrogen-bond donors (Lipinski definition) is 2. The summed E-state index contributed by atoms with van der Waals surface area (Å²) in [5.41, 5.74) is 0.443. The molecular formula is C11H10FN3O3. The highest BCUT2D eigenvalue weighted by Crippen LogP contribution is 2.07. The van der Waals surface area contributed by atoms with Gasteiger partial charge in [-0.1, -0.05) is 0 Å². The van der Waals surface area contributed by atoms with Gasteiger partial charge in [0, 0.05) is 12.4 Å². The number of carboxylic acid groups (broad SMARTS) is 1. The van der Waals surface area contributed by atoms with E-state index in [-0.39, 0.29) is 5.69 Å². The summed E-state index contributed by atoms with van der Waals surface area (Å²) in [6.07, 6.45) is 2.52. The van der Waals surface area contributed by atoms with Gasteiger partial charge in [-0.2, -0.15) is 0 Å². The molecular weight excluding hydrogens is 241 g/mol. The van der Waals surface area contributed by atoms with Gasteiger partial charge < -0.3 is 14.8 Å². The highest BCUT2D eigenvalue weighted by molar-refractivity contribution is 5.95. The van der Waals surface area contributed by atoms with Gasteiger partial charge in [-0.05, 0) is 19.1 Å². The molecule has 0 saturated heterocycles. The lowest BCUT2D eigenvalue weighted by atomic mass is 10.3. The van der Waals surface area contributed by atoms with Crippen LogP contribution in [0.3, 0.4) is 0 Å². The van der Waals surface area contributed by atoms with Crippen LogP contribution in [0.25, 0.3) is 5.65 Å². The average Bonchev–Trinajstić information content (AvgIpc) is 2.71. The fraction of sp³-hybridized carbons (Fsp3) is 0.182. The molecule has 18 heavy (non-hydrogen) atoms. The zero-order valence-electron chi connectivity index (χ0n) is 9.42. The van der Waals surface area contributed by atoms with Crippen LogP contribution < -0.4 is 5.32 Å². The van der Waals surface area contributed by atoms with Crippen LogP contribution in [0, 0.1) is 5.82 Å². The van der Waals surface area contributed by atoms with E-state index >= 15 is 0 Å². The zero-order chi connectivity index (χ0) is 13.3. The van der Waals surface area contributed by atoms with Crippen molar-refractivity contribution in [3.8, 4) is 0 Å². The number of carbonyl (C=O) groups is 2. The summed E-state index contributed by atoms with van der Waals surface area (Å²) in [5.74, 6) is -2.21. The molecule has 0 radical (unpaired) electrons. The van der Waals surface area contributed by atoms with E-state index in [9.17, 15) is 14.0 Å². The first-order valence-corrected chi connectivity index (χ1v) is 5.15. The largest absolute Gasteiger partial charge is 0.480 e. The maximum Gasteiger partial charge on any atom is 0.325 e. The van der Waals surface area contributed by atoms with Gasteiger partial charge in [0.15, 0.2) is 0 Å². The number of aliphatic carboxylic acids is 1. The van der Waals surface area contributed by atoms with E-state index in [4.69, 9.17) is 5.11 Å². The number of nitrogens with zero attached hydrogens (tertiary/aromatic N) is 2. The van der Waals surface area contributed by atoms with Gasteiger partial charge in [-0.25, -0.2) is 9.37 Å². The predicted molar refractivity (Wildman–Crippen MR) is 59.7 cm³/mol. The Labute approximate surface area is 101 Å². The normalized spacial score (nSPS) is 12.3. The fourth-order valence-corrected chi connectivity index (χ4v) is 1.41. The molecule has 2 aromatic heterocycles. The molecule has 7 heteroatoms. The number of rotatable bonds is 3. The number of halogens is 1. The lowest BCUT2D eigenvalue weighted by Gasteiger charge is -2.06. The van der Waals surface area contributed by atoms with Gasteiger partial charge in [0.25, 0.3) is 5.91 Å². The van der Waals surface area contributed by atoms with Crippen molar-refractivity contribution in [3.05, 3.63) is 36.0 Å². The van der Waals surface area contributed by atoms with Crippen molar-refractivity contribution in [2.75, 3.05) is 0 Å². The zero-order valence-corrected chi connectivity index (χ0v) is 9.42. The third kappa shape index (κ3) is 2.29. The standard InChI is InChI=1S/C11H10FN3O3/c1-6(11(17)18)13-10(16)8-5-15-4-7(12)2-3-9(15)14-8/h2-6H,1H3,(H,13,16)(H,17,18). The Hall–Kier alpha value is -2.44. The quantitative estimate of drug-likeness (QED) is 0.840. The van der Waals surface area contributed by atoms with Crippen molar-refractivity contribution in [1.82, 2.24) is 14.7 Å². The molecule has 0 aromatic carbocycles. The Morgan fingerprint density at radius 2 is 2.17 bits per heavy atom. The number of imidazole rings is 1. The number of carbonyl (C=O) groups excluding carboxylic acids is 1. The molecule has 0 bridgehead atoms. The Kier molecular flexibility index (Phi) is 2.97. The number of hydrogen-bond acceptors (Lipinski definition) is 3. The second kappa shape index (κ2) is 4.44. The summed E-state index contributed by atoms with van der Waals surface area (Å²) in [4.78, 5) is 26.2. The molecule has 6 nitrogen and oxygen atoms in total. The van der Waals surface area contributed by atoms with Crippen LogP contribution in [0.1, 0.15) is 17.4 Å². The van der Waals surface area contributed by atoms with Gasteiger partial charge in [0.1, 0.15) is 23.2 Å². The summed E-state index contributed by atoms with van der Waals surface area (Å²) < 4.78 is 14.3. The van der Waals surface area contributed by atoms with Gasteiger partial charge in [-0.15, -0.1) is 0 Å². The predicted octanol–water partition coefficient (Wildman–Crippen LogP) is 0.676. The second-order valence-electron chi connectivity index (χ2n) is 3.77. The minimum atomic E-state index is -1.14. The molecule has 0 aliphatic rings. The number of fused-ring (bicyclic) bond motifs is 1. The third-order valence-corrected chi connectivity index (χ3v) is 2.37. The van der Waals surface area contributed by atoms with Crippen molar-refractivity contribution >= 4 is 17.5 Å². The van der Waals surface area contributed by atoms with E-state index in [1.807, 2.05) is 0 Å². The second-order valence-corrected chi connectivity index (χ2v) is 3.77. The highest BCUT2D eigenvalue weighted by atomic mass is 19.1. The maximum absolute atomic E-state index is 12.9. The van der Waals surface area contributed by atoms with Crippen LogP contribution in [-0.2, 0) is 4.79 Å². The molecule has 94 valence electrons. The number of carboxylic acids is 1. The first-order chi connectivity index (χ1) is 8.47. The van der Waals surface area contributed by atoms with E-state index < -0.39 is 23.7 Å². The van der Waals surface area contributed by atoms with Crippen LogP contribution in [-0.4, -0.2) is 32.4 Å². The molecule has 2 aromatic rings. The molecule has 1 unspecified atom stereocenters. The number of nitrogens with one attached hydrogen (secondary N) is 1. The van der Waals surface area contributed by atoms with Crippen LogP contribution in [0.5, 0.6) is 0 Å². The lowest BCUT2D eigenvalue weighted by Crippen LogP contribution is -2.38. The highest BCUT2D eigenvalue weighted by Gasteiger charge is 2.17. The molecule has 0 aliphatic carbocycles. The molecule has 1 amide bonds. The Morgan fingerprint density at radius 1 is 1.44 bits per heavy atom. The van der Waals surface area contributed by atoms with Crippen LogP contribution in [0.15, 0.2) is 24.5 Å². The van der Waals surface area contributed by atoms with E-state index in [1.54, 1.807) is 0 Å². The Morgan fingerprint density at radius 3 is 2.83 bits per heavy atom. The molecule has 2 rings (SSSR count). The lowest BCUT2D eigenvalue weighted by molar-refractivity contribution is -0.138. The monoisotopic (exact) mass is 251 g/mol. The average molecular weight is 251 g/mol. The van der Waals surface area contributed by atoms with E-state index in [2.05, 4.69) is 10.3 Å². The third-order valence-electron chi connectivity index (χ3n) is 2.37.